The minimum Gasteiger partial charge on any atom is -0.347 e. The van der Waals surface area contributed by atoms with E-state index in [2.05, 4.69) is 45.0 Å². The van der Waals surface area contributed by atoms with Crippen LogP contribution in [0.2, 0.25) is 0 Å². The summed E-state index contributed by atoms with van der Waals surface area (Å²) in [6, 6.07) is 15.1. The predicted molar refractivity (Wildman–Crippen MR) is 109 cm³/mol. The van der Waals surface area contributed by atoms with Gasteiger partial charge >= 0.3 is 0 Å². The van der Waals surface area contributed by atoms with Crippen molar-refractivity contribution in [2.75, 3.05) is 0 Å². The normalized spacial score (nSPS) is 16.8. The van der Waals surface area contributed by atoms with Gasteiger partial charge in [-0.1, -0.05) is 36.4 Å². The summed E-state index contributed by atoms with van der Waals surface area (Å²) in [4.78, 5) is 14.3. The zero-order chi connectivity index (χ0) is 19.7. The third-order valence-corrected chi connectivity index (χ3v) is 5.14. The number of aliphatic imine (C=N–C) groups is 1. The predicted octanol–water partition coefficient (Wildman–Crippen LogP) is 4.32. The molecule has 3 aromatic rings. The number of aromatic amines is 1. The number of aryl methyl sites for hydroxylation is 1. The highest BCUT2D eigenvalue weighted by molar-refractivity contribution is 6.05. The van der Waals surface area contributed by atoms with Gasteiger partial charge in [-0.2, -0.15) is 0 Å². The number of nitrogens with one attached hydrogen (secondary N) is 2. The summed E-state index contributed by atoms with van der Waals surface area (Å²) in [6.45, 7) is 4.66. The van der Waals surface area contributed by atoms with Crippen molar-refractivity contribution in [3.8, 4) is 11.3 Å². The van der Waals surface area contributed by atoms with E-state index in [0.29, 0.717) is 35.2 Å². The molecule has 0 spiro atoms. The molecule has 0 saturated heterocycles. The summed E-state index contributed by atoms with van der Waals surface area (Å²) in [5.74, 6) is 0.952. The van der Waals surface area contributed by atoms with Gasteiger partial charge in [0.15, 0.2) is 5.84 Å². The average molecular weight is 375 g/mol. The molecule has 28 heavy (non-hydrogen) atoms. The van der Waals surface area contributed by atoms with Crippen LogP contribution in [-0.4, -0.2) is 33.1 Å². The minimum atomic E-state index is -0.332. The van der Waals surface area contributed by atoms with E-state index in [-0.39, 0.29) is 11.9 Å². The maximum absolute atomic E-state index is 14.5. The molecule has 1 aromatic heterocycles. The Morgan fingerprint density at radius 2 is 1.93 bits per heavy atom. The summed E-state index contributed by atoms with van der Waals surface area (Å²) in [7, 11) is 0. The molecular weight excluding hydrogens is 353 g/mol. The molecular formula is C22H22FN5. The standard InChI is InChI=1S/C22H22FN5/c1-14-11-16-7-3-4-8-17(16)12-28(14)22(25-13-24)21-20(26-15(2)27-21)18-9-5-6-10-19(18)23/h3-10,13-14,24H,11-12H2,1-2H3,(H,26,27). The lowest BCUT2D eigenvalue weighted by atomic mass is 9.94. The highest BCUT2D eigenvalue weighted by Gasteiger charge is 2.29. The number of hydrogen-bond donors (Lipinski definition) is 2. The first-order chi connectivity index (χ1) is 13.6. The van der Waals surface area contributed by atoms with Gasteiger partial charge in [0.2, 0.25) is 0 Å². The first-order valence-electron chi connectivity index (χ1n) is 9.30. The Balaban J connectivity index is 1.82. The molecule has 0 bridgehead atoms. The Hall–Kier alpha value is -3.28. The van der Waals surface area contributed by atoms with E-state index in [1.165, 1.54) is 17.2 Å². The number of H-pyrrole nitrogens is 1. The SMILES string of the molecule is Cc1nc(-c2ccccc2F)c(C(=NC=N)N2Cc3ccccc3CC2C)[nH]1. The van der Waals surface area contributed by atoms with E-state index in [0.717, 1.165) is 12.8 Å². The van der Waals surface area contributed by atoms with Crippen LogP contribution < -0.4 is 0 Å². The maximum atomic E-state index is 14.5. The lowest BCUT2D eigenvalue weighted by Gasteiger charge is -2.37. The van der Waals surface area contributed by atoms with E-state index in [1.54, 1.807) is 18.2 Å². The Morgan fingerprint density at radius 1 is 1.21 bits per heavy atom. The van der Waals surface area contributed by atoms with Gasteiger partial charge in [-0.05, 0) is 43.5 Å². The van der Waals surface area contributed by atoms with Gasteiger partial charge in [0.25, 0.3) is 0 Å². The van der Waals surface area contributed by atoms with Crippen molar-refractivity contribution in [1.82, 2.24) is 14.9 Å². The number of fused-ring (bicyclic) bond motifs is 1. The zero-order valence-corrected chi connectivity index (χ0v) is 15.9. The first-order valence-corrected chi connectivity index (χ1v) is 9.30. The van der Waals surface area contributed by atoms with Crippen molar-refractivity contribution < 1.29 is 4.39 Å². The fourth-order valence-electron chi connectivity index (χ4n) is 3.81. The van der Waals surface area contributed by atoms with Crippen molar-refractivity contribution in [3.63, 3.8) is 0 Å². The maximum Gasteiger partial charge on any atom is 0.157 e. The van der Waals surface area contributed by atoms with Gasteiger partial charge in [-0.25, -0.2) is 14.4 Å². The van der Waals surface area contributed by atoms with Crippen LogP contribution >= 0.6 is 0 Å². The second kappa shape index (κ2) is 7.38. The molecule has 142 valence electrons. The molecule has 2 aromatic carbocycles. The number of rotatable bonds is 3. The molecule has 1 aliphatic heterocycles. The first kappa shape index (κ1) is 18.1. The second-order valence-corrected chi connectivity index (χ2v) is 7.06. The summed E-state index contributed by atoms with van der Waals surface area (Å²) in [6.07, 6.45) is 1.92. The van der Waals surface area contributed by atoms with Crippen LogP contribution in [0.3, 0.4) is 0 Å². The second-order valence-electron chi connectivity index (χ2n) is 7.06. The van der Waals surface area contributed by atoms with E-state index in [1.807, 2.05) is 13.0 Å². The molecule has 2 heterocycles. The number of amidine groups is 1. The molecule has 0 saturated carbocycles. The monoisotopic (exact) mass is 375 g/mol. The molecule has 0 fully saturated rings. The fraction of sp³-hybridized carbons (Fsp3) is 0.227. The summed E-state index contributed by atoms with van der Waals surface area (Å²) >= 11 is 0. The molecule has 1 atom stereocenters. The van der Waals surface area contributed by atoms with Crippen molar-refractivity contribution in [1.29, 1.82) is 5.41 Å². The Bertz CT molecular complexity index is 1050. The smallest absolute Gasteiger partial charge is 0.157 e. The molecule has 1 aliphatic rings. The molecule has 4 rings (SSSR count). The molecule has 2 N–H and O–H groups in total. The number of nitrogens with zero attached hydrogens (tertiary/aromatic N) is 3. The summed E-state index contributed by atoms with van der Waals surface area (Å²) in [5, 5.41) is 7.59. The van der Waals surface area contributed by atoms with Crippen molar-refractivity contribution in [2.45, 2.75) is 32.9 Å². The Morgan fingerprint density at radius 3 is 2.68 bits per heavy atom. The third-order valence-electron chi connectivity index (χ3n) is 5.14. The number of imidazole rings is 1. The molecule has 1 unspecified atom stereocenters. The largest absolute Gasteiger partial charge is 0.347 e. The van der Waals surface area contributed by atoms with Crippen LogP contribution in [-0.2, 0) is 13.0 Å². The number of halogens is 1. The third kappa shape index (κ3) is 3.22. The van der Waals surface area contributed by atoms with Crippen LogP contribution in [0.1, 0.15) is 29.6 Å². The highest BCUT2D eigenvalue weighted by atomic mass is 19.1. The van der Waals surface area contributed by atoms with Crippen LogP contribution in [0.5, 0.6) is 0 Å². The van der Waals surface area contributed by atoms with Crippen LogP contribution in [0, 0.1) is 18.2 Å². The lowest BCUT2D eigenvalue weighted by Crippen LogP contribution is -2.43. The number of aromatic nitrogens is 2. The summed E-state index contributed by atoms with van der Waals surface area (Å²) < 4.78 is 14.5. The van der Waals surface area contributed by atoms with Crippen LogP contribution in [0.4, 0.5) is 4.39 Å². The van der Waals surface area contributed by atoms with E-state index in [4.69, 9.17) is 5.41 Å². The Kier molecular flexibility index (Phi) is 4.77. The van der Waals surface area contributed by atoms with Crippen LogP contribution in [0.25, 0.3) is 11.3 Å². The van der Waals surface area contributed by atoms with Crippen molar-refractivity contribution >= 4 is 12.2 Å². The molecule has 0 radical (unpaired) electrons. The summed E-state index contributed by atoms with van der Waals surface area (Å²) in [5.41, 5.74) is 4.14. The van der Waals surface area contributed by atoms with Crippen LogP contribution in [0.15, 0.2) is 53.5 Å². The Labute approximate surface area is 163 Å². The molecule has 5 nitrogen and oxygen atoms in total. The number of benzene rings is 2. The van der Waals surface area contributed by atoms with E-state index in [9.17, 15) is 4.39 Å². The average Bonchev–Trinajstić information content (AvgIpc) is 3.07. The molecule has 0 amide bonds. The van der Waals surface area contributed by atoms with E-state index >= 15 is 0 Å². The minimum absolute atomic E-state index is 0.186. The van der Waals surface area contributed by atoms with Crippen molar-refractivity contribution in [2.24, 2.45) is 4.99 Å². The van der Waals surface area contributed by atoms with Gasteiger partial charge in [-0.3, -0.25) is 5.41 Å². The van der Waals surface area contributed by atoms with Gasteiger partial charge in [0.1, 0.15) is 29.4 Å². The van der Waals surface area contributed by atoms with Gasteiger partial charge in [0, 0.05) is 18.2 Å². The molecule has 0 aliphatic carbocycles. The van der Waals surface area contributed by atoms with Crippen molar-refractivity contribution in [3.05, 3.63) is 77.0 Å². The highest BCUT2D eigenvalue weighted by Crippen LogP contribution is 2.29. The topological polar surface area (TPSA) is 68.1 Å². The van der Waals surface area contributed by atoms with Gasteiger partial charge in [-0.15, -0.1) is 0 Å². The van der Waals surface area contributed by atoms with E-state index < -0.39 is 0 Å². The quantitative estimate of drug-likeness (QED) is 0.529. The van der Waals surface area contributed by atoms with Gasteiger partial charge in [0.05, 0.1) is 0 Å². The molecule has 6 heteroatoms. The van der Waals surface area contributed by atoms with Gasteiger partial charge < -0.3 is 9.88 Å². The fourth-order valence-corrected chi connectivity index (χ4v) is 3.81. The number of hydrogen-bond acceptors (Lipinski definition) is 2. The zero-order valence-electron chi connectivity index (χ0n) is 15.9. The lowest BCUT2D eigenvalue weighted by molar-refractivity contribution is 0.301.